The molecule has 0 unspecified atom stereocenters. The van der Waals surface area contributed by atoms with Crippen LogP contribution in [-0.4, -0.2) is 46.5 Å². The molecule has 0 aliphatic heterocycles. The molecule has 1 heterocycles. The number of nitrogens with one attached hydrogen (secondary N) is 1. The van der Waals surface area contributed by atoms with Gasteiger partial charge in [-0.25, -0.2) is 9.97 Å². The third-order valence-corrected chi connectivity index (χ3v) is 3.06. The van der Waals surface area contributed by atoms with E-state index in [2.05, 4.69) is 27.1 Å². The van der Waals surface area contributed by atoms with Crippen molar-refractivity contribution in [2.24, 2.45) is 0 Å². The number of nitrogens with two attached hydrogens (primary N) is 1. The lowest BCUT2D eigenvalue weighted by atomic mass is 10.4. The van der Waals surface area contributed by atoms with Crippen LogP contribution < -0.4 is 11.1 Å². The summed E-state index contributed by atoms with van der Waals surface area (Å²) in [5.74, 6) is 0.117. The topological polar surface area (TPSA) is 84.1 Å². The Labute approximate surface area is 107 Å². The van der Waals surface area contributed by atoms with Crippen molar-refractivity contribution in [3.63, 3.8) is 0 Å². The van der Waals surface area contributed by atoms with Crippen LogP contribution in [0.2, 0.25) is 0 Å². The molecule has 0 spiro atoms. The lowest BCUT2D eigenvalue weighted by Gasteiger charge is -2.19. The lowest BCUT2D eigenvalue weighted by molar-refractivity contribution is 0.0942. The van der Waals surface area contributed by atoms with Crippen molar-refractivity contribution in [1.29, 1.82) is 0 Å². The van der Waals surface area contributed by atoms with Gasteiger partial charge in [-0.2, -0.15) is 0 Å². The Morgan fingerprint density at radius 2 is 2.28 bits per heavy atom. The highest BCUT2D eigenvalue weighted by Crippen LogP contribution is 2.25. The molecule has 1 aromatic rings. The maximum absolute atomic E-state index is 11.7. The van der Waals surface area contributed by atoms with Crippen LogP contribution in [-0.2, 0) is 0 Å². The van der Waals surface area contributed by atoms with Crippen molar-refractivity contribution in [1.82, 2.24) is 20.2 Å². The fraction of sp³-hybridized carbons (Fsp3) is 0.583. The molecule has 0 bridgehead atoms. The molecule has 1 aliphatic carbocycles. The molecule has 1 fully saturated rings. The number of carbonyl (C=O) groups is 1. The summed E-state index contributed by atoms with van der Waals surface area (Å²) >= 11 is 0. The summed E-state index contributed by atoms with van der Waals surface area (Å²) in [5, 5.41) is 2.84. The van der Waals surface area contributed by atoms with Crippen LogP contribution in [0, 0.1) is 0 Å². The highest BCUT2D eigenvalue weighted by molar-refractivity contribution is 5.91. The van der Waals surface area contributed by atoms with Crippen LogP contribution in [0.15, 0.2) is 12.4 Å². The predicted molar refractivity (Wildman–Crippen MR) is 69.0 cm³/mol. The largest absolute Gasteiger partial charge is 0.382 e. The molecule has 0 atom stereocenters. The van der Waals surface area contributed by atoms with E-state index in [-0.39, 0.29) is 5.91 Å². The third kappa shape index (κ3) is 3.40. The number of amides is 1. The average molecular weight is 249 g/mol. The van der Waals surface area contributed by atoms with Crippen LogP contribution in [0.3, 0.4) is 0 Å². The molecule has 0 saturated heterocycles. The van der Waals surface area contributed by atoms with Crippen LogP contribution in [0.5, 0.6) is 0 Å². The smallest absolute Gasteiger partial charge is 0.271 e. The lowest BCUT2D eigenvalue weighted by Crippen LogP contribution is -2.36. The quantitative estimate of drug-likeness (QED) is 0.756. The standard InChI is InChI=1S/C12H19N5O/c1-2-17(9-3-4-9)6-5-14-12(18)10-7-16-11(13)8-15-10/h7-9H,2-6H2,1H3,(H2,13,16)(H,14,18). The second kappa shape index (κ2) is 5.77. The van der Waals surface area contributed by atoms with Gasteiger partial charge < -0.3 is 11.1 Å². The summed E-state index contributed by atoms with van der Waals surface area (Å²) in [4.78, 5) is 21.9. The first kappa shape index (κ1) is 12.8. The minimum absolute atomic E-state index is 0.200. The highest BCUT2D eigenvalue weighted by atomic mass is 16.1. The number of hydrogen-bond donors (Lipinski definition) is 2. The fourth-order valence-corrected chi connectivity index (χ4v) is 1.90. The van der Waals surface area contributed by atoms with E-state index < -0.39 is 0 Å². The molecule has 6 heteroatoms. The third-order valence-electron chi connectivity index (χ3n) is 3.06. The zero-order chi connectivity index (χ0) is 13.0. The first-order chi connectivity index (χ1) is 8.70. The van der Waals surface area contributed by atoms with Gasteiger partial charge in [0.2, 0.25) is 0 Å². The fourth-order valence-electron chi connectivity index (χ4n) is 1.90. The Kier molecular flexibility index (Phi) is 4.09. The van der Waals surface area contributed by atoms with Gasteiger partial charge in [-0.3, -0.25) is 9.69 Å². The minimum atomic E-state index is -0.200. The van der Waals surface area contributed by atoms with Crippen molar-refractivity contribution in [3.8, 4) is 0 Å². The summed E-state index contributed by atoms with van der Waals surface area (Å²) in [6, 6.07) is 0.725. The summed E-state index contributed by atoms with van der Waals surface area (Å²) in [5.41, 5.74) is 5.72. The second-order valence-electron chi connectivity index (χ2n) is 4.44. The first-order valence-electron chi connectivity index (χ1n) is 6.30. The van der Waals surface area contributed by atoms with Gasteiger partial charge in [-0.15, -0.1) is 0 Å². The maximum Gasteiger partial charge on any atom is 0.271 e. The molecule has 1 amide bonds. The average Bonchev–Trinajstić information content (AvgIpc) is 3.19. The van der Waals surface area contributed by atoms with Gasteiger partial charge in [0.05, 0.1) is 12.4 Å². The SMILES string of the molecule is CCN(CCNC(=O)c1cnc(N)cn1)C1CC1. The molecular formula is C12H19N5O. The molecule has 2 rings (SSSR count). The number of likely N-dealkylation sites (N-methyl/N-ethyl adjacent to an activating group) is 1. The minimum Gasteiger partial charge on any atom is -0.382 e. The van der Waals surface area contributed by atoms with Crippen LogP contribution >= 0.6 is 0 Å². The number of nitrogens with zero attached hydrogens (tertiary/aromatic N) is 3. The molecule has 1 aliphatic rings. The van der Waals surface area contributed by atoms with E-state index in [0.717, 1.165) is 19.1 Å². The summed E-state index contributed by atoms with van der Waals surface area (Å²) in [6.45, 7) is 4.69. The molecular weight excluding hydrogens is 230 g/mol. The van der Waals surface area contributed by atoms with E-state index in [1.807, 2.05) is 0 Å². The molecule has 98 valence electrons. The Balaban J connectivity index is 1.75. The van der Waals surface area contributed by atoms with E-state index in [9.17, 15) is 4.79 Å². The molecule has 0 aromatic carbocycles. The maximum atomic E-state index is 11.7. The summed E-state index contributed by atoms with van der Waals surface area (Å²) in [7, 11) is 0. The van der Waals surface area contributed by atoms with E-state index >= 15 is 0 Å². The second-order valence-corrected chi connectivity index (χ2v) is 4.44. The van der Waals surface area contributed by atoms with Gasteiger partial charge in [0.1, 0.15) is 11.5 Å². The molecule has 6 nitrogen and oxygen atoms in total. The highest BCUT2D eigenvalue weighted by Gasteiger charge is 2.27. The zero-order valence-corrected chi connectivity index (χ0v) is 10.6. The van der Waals surface area contributed by atoms with E-state index in [0.29, 0.717) is 18.1 Å². The number of anilines is 1. The number of rotatable bonds is 6. The Morgan fingerprint density at radius 3 is 2.83 bits per heavy atom. The van der Waals surface area contributed by atoms with Gasteiger partial charge in [-0.1, -0.05) is 6.92 Å². The van der Waals surface area contributed by atoms with Crippen molar-refractivity contribution in [2.45, 2.75) is 25.8 Å². The molecule has 1 saturated carbocycles. The molecule has 3 N–H and O–H groups in total. The monoisotopic (exact) mass is 249 g/mol. The molecule has 18 heavy (non-hydrogen) atoms. The van der Waals surface area contributed by atoms with Gasteiger partial charge in [-0.05, 0) is 19.4 Å². The van der Waals surface area contributed by atoms with Gasteiger partial charge in [0.15, 0.2) is 0 Å². The van der Waals surface area contributed by atoms with Crippen molar-refractivity contribution >= 4 is 11.7 Å². The van der Waals surface area contributed by atoms with Gasteiger partial charge in [0.25, 0.3) is 5.91 Å². The van der Waals surface area contributed by atoms with E-state index in [1.165, 1.54) is 25.2 Å². The number of hydrogen-bond acceptors (Lipinski definition) is 5. The number of carbonyl (C=O) groups excluding carboxylic acids is 1. The Morgan fingerprint density at radius 1 is 1.50 bits per heavy atom. The number of aromatic nitrogens is 2. The Hall–Kier alpha value is -1.69. The Bertz CT molecular complexity index is 401. The van der Waals surface area contributed by atoms with Crippen molar-refractivity contribution in [3.05, 3.63) is 18.1 Å². The summed E-state index contributed by atoms with van der Waals surface area (Å²) in [6.07, 6.45) is 5.34. The zero-order valence-electron chi connectivity index (χ0n) is 10.6. The van der Waals surface area contributed by atoms with E-state index in [4.69, 9.17) is 5.73 Å². The normalized spacial score (nSPS) is 14.8. The first-order valence-corrected chi connectivity index (χ1v) is 6.30. The van der Waals surface area contributed by atoms with Crippen LogP contribution in [0.25, 0.3) is 0 Å². The number of nitrogen functional groups attached to an aromatic ring is 1. The van der Waals surface area contributed by atoms with Crippen molar-refractivity contribution < 1.29 is 4.79 Å². The molecule has 0 radical (unpaired) electrons. The van der Waals surface area contributed by atoms with Gasteiger partial charge >= 0.3 is 0 Å². The summed E-state index contributed by atoms with van der Waals surface area (Å²) < 4.78 is 0. The van der Waals surface area contributed by atoms with E-state index in [1.54, 1.807) is 0 Å². The van der Waals surface area contributed by atoms with Crippen LogP contribution in [0.4, 0.5) is 5.82 Å². The van der Waals surface area contributed by atoms with Crippen molar-refractivity contribution in [2.75, 3.05) is 25.4 Å². The van der Waals surface area contributed by atoms with Gasteiger partial charge in [0, 0.05) is 19.1 Å². The predicted octanol–water partition coefficient (Wildman–Crippen LogP) is 0.273. The molecule has 1 aromatic heterocycles. The van der Waals surface area contributed by atoms with Crippen LogP contribution in [0.1, 0.15) is 30.3 Å².